The highest BCUT2D eigenvalue weighted by molar-refractivity contribution is 6.05. The zero-order valence-electron chi connectivity index (χ0n) is 16.9. The molecule has 2 aliphatic rings. The fourth-order valence-electron chi connectivity index (χ4n) is 4.75. The number of rotatable bonds is 4. The number of fused-ring (bicyclic) bond motifs is 1. The van der Waals surface area contributed by atoms with Gasteiger partial charge in [0.25, 0.3) is 0 Å². The number of likely N-dealkylation sites (tertiary alicyclic amines) is 1. The first-order valence-electron chi connectivity index (χ1n) is 10.3. The van der Waals surface area contributed by atoms with Crippen molar-refractivity contribution in [2.75, 3.05) is 38.6 Å². The lowest BCUT2D eigenvalue weighted by atomic mass is 9.80. The highest BCUT2D eigenvalue weighted by Gasteiger charge is 2.36. The number of carbonyl (C=O) groups excluding carboxylic acids is 1. The largest absolute Gasteiger partial charge is 0.385 e. The van der Waals surface area contributed by atoms with E-state index in [1.54, 1.807) is 0 Å². The molecule has 1 fully saturated rings. The number of aliphatic hydroxyl groups is 1. The number of piperidine rings is 1. The smallest absolute Gasteiger partial charge is 0.169 e. The molecule has 4 nitrogen and oxygen atoms in total. The molecule has 1 unspecified atom stereocenters. The van der Waals surface area contributed by atoms with Crippen LogP contribution in [0, 0.1) is 5.92 Å². The maximum atomic E-state index is 13.3. The quantitative estimate of drug-likeness (QED) is 0.885. The average Bonchev–Trinajstić information content (AvgIpc) is 2.72. The molecule has 0 aromatic heterocycles. The van der Waals surface area contributed by atoms with Gasteiger partial charge in [-0.2, -0.15) is 0 Å². The van der Waals surface area contributed by atoms with Crippen LogP contribution in [0.2, 0.25) is 0 Å². The predicted molar refractivity (Wildman–Crippen MR) is 113 cm³/mol. The van der Waals surface area contributed by atoms with Gasteiger partial charge in [-0.15, -0.1) is 0 Å². The van der Waals surface area contributed by atoms with Crippen LogP contribution in [0.15, 0.2) is 48.5 Å². The Bertz CT molecular complexity index is 839. The molecule has 1 heterocycles. The van der Waals surface area contributed by atoms with Crippen LogP contribution in [0.25, 0.3) is 0 Å². The third-order valence-electron chi connectivity index (χ3n) is 6.46. The van der Waals surface area contributed by atoms with Gasteiger partial charge in [0, 0.05) is 50.9 Å². The van der Waals surface area contributed by atoms with Crippen molar-refractivity contribution in [1.82, 2.24) is 4.90 Å². The van der Waals surface area contributed by atoms with Gasteiger partial charge < -0.3 is 14.9 Å². The number of aryl methyl sites for hydroxylation is 1. The third kappa shape index (κ3) is 3.59. The van der Waals surface area contributed by atoms with Gasteiger partial charge >= 0.3 is 0 Å². The van der Waals surface area contributed by atoms with Gasteiger partial charge in [0.15, 0.2) is 5.78 Å². The molecular formula is C24H30N2O2. The fraction of sp³-hybridized carbons (Fsp3) is 0.458. The molecule has 4 rings (SSSR count). The van der Waals surface area contributed by atoms with E-state index in [-0.39, 0.29) is 11.7 Å². The molecule has 148 valence electrons. The summed E-state index contributed by atoms with van der Waals surface area (Å²) in [5.41, 5.74) is 3.40. The molecular weight excluding hydrogens is 348 g/mol. The number of hydrogen-bond acceptors (Lipinski definition) is 4. The van der Waals surface area contributed by atoms with E-state index < -0.39 is 5.60 Å². The van der Waals surface area contributed by atoms with Crippen molar-refractivity contribution < 1.29 is 9.90 Å². The molecule has 0 saturated carbocycles. The van der Waals surface area contributed by atoms with E-state index in [0.717, 1.165) is 62.1 Å². The second-order valence-electron chi connectivity index (χ2n) is 8.50. The van der Waals surface area contributed by atoms with Gasteiger partial charge in [-0.1, -0.05) is 42.5 Å². The summed E-state index contributed by atoms with van der Waals surface area (Å²) in [5.74, 6) is 0.339. The standard InChI is InChI=1S/C24H30N2O2/c1-25(2)21-10-6-7-18-11-12-19(23(27)22(18)21)17-26-15-13-24(28,14-16-26)20-8-4-3-5-9-20/h3-10,19,28H,11-17H2,1-2H3. The number of hydrogen-bond donors (Lipinski definition) is 1. The second-order valence-corrected chi connectivity index (χ2v) is 8.50. The molecule has 0 amide bonds. The van der Waals surface area contributed by atoms with Gasteiger partial charge in [-0.05, 0) is 42.9 Å². The number of nitrogens with zero attached hydrogens (tertiary/aromatic N) is 2. The van der Waals surface area contributed by atoms with Crippen LogP contribution in [0.1, 0.15) is 40.7 Å². The summed E-state index contributed by atoms with van der Waals surface area (Å²) in [6, 6.07) is 16.2. The fourth-order valence-corrected chi connectivity index (χ4v) is 4.75. The Morgan fingerprint density at radius 3 is 2.46 bits per heavy atom. The highest BCUT2D eigenvalue weighted by atomic mass is 16.3. The van der Waals surface area contributed by atoms with Crippen molar-refractivity contribution in [2.45, 2.75) is 31.3 Å². The summed E-state index contributed by atoms with van der Waals surface area (Å²) < 4.78 is 0. The minimum atomic E-state index is -0.737. The monoisotopic (exact) mass is 378 g/mol. The SMILES string of the molecule is CN(C)c1cccc2c1C(=O)C(CN1CCC(O)(c3ccccc3)CC1)CC2. The Kier molecular flexibility index (Phi) is 5.26. The molecule has 1 N–H and O–H groups in total. The van der Waals surface area contributed by atoms with Crippen molar-refractivity contribution in [2.24, 2.45) is 5.92 Å². The molecule has 0 bridgehead atoms. The summed E-state index contributed by atoms with van der Waals surface area (Å²) in [4.78, 5) is 17.7. The van der Waals surface area contributed by atoms with Crippen LogP contribution in [-0.4, -0.2) is 49.5 Å². The molecule has 1 aliphatic heterocycles. The summed E-state index contributed by atoms with van der Waals surface area (Å²) >= 11 is 0. The van der Waals surface area contributed by atoms with E-state index in [2.05, 4.69) is 17.0 Å². The van der Waals surface area contributed by atoms with Crippen molar-refractivity contribution in [3.63, 3.8) is 0 Å². The van der Waals surface area contributed by atoms with Crippen LogP contribution < -0.4 is 4.90 Å². The Hall–Kier alpha value is -2.17. The Morgan fingerprint density at radius 1 is 1.07 bits per heavy atom. The van der Waals surface area contributed by atoms with E-state index >= 15 is 0 Å². The lowest BCUT2D eigenvalue weighted by Gasteiger charge is -2.40. The van der Waals surface area contributed by atoms with Crippen LogP contribution in [-0.2, 0) is 12.0 Å². The first-order chi connectivity index (χ1) is 13.5. The number of anilines is 1. The van der Waals surface area contributed by atoms with E-state index in [9.17, 15) is 9.90 Å². The molecule has 1 aliphatic carbocycles. The van der Waals surface area contributed by atoms with E-state index in [0.29, 0.717) is 0 Å². The van der Waals surface area contributed by atoms with Crippen LogP contribution in [0.4, 0.5) is 5.69 Å². The zero-order chi connectivity index (χ0) is 19.7. The van der Waals surface area contributed by atoms with Crippen molar-refractivity contribution in [3.8, 4) is 0 Å². The lowest BCUT2D eigenvalue weighted by molar-refractivity contribution is -0.0283. The third-order valence-corrected chi connectivity index (χ3v) is 6.46. The summed E-state index contributed by atoms with van der Waals surface area (Å²) in [6.45, 7) is 2.46. The minimum absolute atomic E-state index is 0.0523. The average molecular weight is 379 g/mol. The van der Waals surface area contributed by atoms with Gasteiger partial charge in [0.1, 0.15) is 0 Å². The molecule has 4 heteroatoms. The molecule has 0 radical (unpaired) electrons. The minimum Gasteiger partial charge on any atom is -0.385 e. The Labute approximate surface area is 167 Å². The lowest BCUT2D eigenvalue weighted by Crippen LogP contribution is -2.45. The number of benzene rings is 2. The Morgan fingerprint density at radius 2 is 1.79 bits per heavy atom. The van der Waals surface area contributed by atoms with Crippen molar-refractivity contribution in [1.29, 1.82) is 0 Å². The molecule has 2 aromatic carbocycles. The second kappa shape index (κ2) is 7.69. The van der Waals surface area contributed by atoms with Crippen LogP contribution >= 0.6 is 0 Å². The molecule has 1 atom stereocenters. The van der Waals surface area contributed by atoms with Crippen molar-refractivity contribution in [3.05, 3.63) is 65.2 Å². The first kappa shape index (κ1) is 19.2. The maximum absolute atomic E-state index is 13.3. The summed E-state index contributed by atoms with van der Waals surface area (Å²) in [7, 11) is 4.00. The zero-order valence-corrected chi connectivity index (χ0v) is 16.9. The van der Waals surface area contributed by atoms with E-state index in [1.807, 2.05) is 55.4 Å². The van der Waals surface area contributed by atoms with Crippen LogP contribution in [0.3, 0.4) is 0 Å². The molecule has 28 heavy (non-hydrogen) atoms. The van der Waals surface area contributed by atoms with Gasteiger partial charge in [0.05, 0.1) is 5.60 Å². The van der Waals surface area contributed by atoms with Crippen molar-refractivity contribution >= 4 is 11.5 Å². The topological polar surface area (TPSA) is 43.8 Å². The highest BCUT2D eigenvalue weighted by Crippen LogP contribution is 2.35. The van der Waals surface area contributed by atoms with Gasteiger partial charge in [-0.3, -0.25) is 4.79 Å². The predicted octanol–water partition coefficient (Wildman–Crippen LogP) is 3.48. The van der Waals surface area contributed by atoms with Gasteiger partial charge in [-0.25, -0.2) is 0 Å². The normalized spacial score (nSPS) is 22.0. The summed E-state index contributed by atoms with van der Waals surface area (Å²) in [5, 5.41) is 11.0. The maximum Gasteiger partial charge on any atom is 0.169 e. The molecule has 0 spiro atoms. The van der Waals surface area contributed by atoms with Gasteiger partial charge in [0.2, 0.25) is 0 Å². The number of Topliss-reactive ketones (excluding diaryl/α,β-unsaturated/α-hetero) is 1. The number of carbonyl (C=O) groups is 1. The molecule has 1 saturated heterocycles. The first-order valence-corrected chi connectivity index (χ1v) is 10.3. The number of ketones is 1. The Balaban J connectivity index is 1.43. The van der Waals surface area contributed by atoms with Crippen LogP contribution in [0.5, 0.6) is 0 Å². The van der Waals surface area contributed by atoms with E-state index in [4.69, 9.17) is 0 Å². The summed E-state index contributed by atoms with van der Waals surface area (Å²) in [6.07, 6.45) is 3.33. The molecule has 2 aromatic rings. The van der Waals surface area contributed by atoms with E-state index in [1.165, 1.54) is 5.56 Å².